The Morgan fingerprint density at radius 3 is 2.36 bits per heavy atom. The molecular weight excluding hydrogens is 310 g/mol. The Morgan fingerprint density at radius 2 is 1.64 bits per heavy atom. The summed E-state index contributed by atoms with van der Waals surface area (Å²) in [6.07, 6.45) is 1.77. The molecule has 0 aliphatic rings. The Hall–Kier alpha value is -2.81. The number of hydrogen-bond donors (Lipinski definition) is 0. The predicted molar refractivity (Wildman–Crippen MR) is 99.5 cm³/mol. The summed E-state index contributed by atoms with van der Waals surface area (Å²) in [5.74, 6) is 1.69. The SMILES string of the molecule is Cc1ccc(CN(C)C(=O)c2ccccc2CCc2ccccc2)o1. The third-order valence-corrected chi connectivity index (χ3v) is 4.31. The number of benzene rings is 2. The fourth-order valence-electron chi connectivity index (χ4n) is 2.95. The van der Waals surface area contributed by atoms with Gasteiger partial charge in [0.2, 0.25) is 0 Å². The zero-order valence-corrected chi connectivity index (χ0v) is 14.7. The molecule has 25 heavy (non-hydrogen) atoms. The number of carbonyl (C=O) groups is 1. The van der Waals surface area contributed by atoms with Crippen LogP contribution in [0, 0.1) is 6.92 Å². The zero-order valence-electron chi connectivity index (χ0n) is 14.7. The van der Waals surface area contributed by atoms with Gasteiger partial charge in [0, 0.05) is 12.6 Å². The van der Waals surface area contributed by atoms with E-state index in [1.165, 1.54) is 5.56 Å². The summed E-state index contributed by atoms with van der Waals surface area (Å²) in [4.78, 5) is 14.6. The Bertz CT molecular complexity index is 836. The lowest BCUT2D eigenvalue weighted by molar-refractivity contribution is 0.0774. The Morgan fingerprint density at radius 1 is 0.920 bits per heavy atom. The molecule has 0 radical (unpaired) electrons. The highest BCUT2D eigenvalue weighted by Crippen LogP contribution is 2.16. The maximum absolute atomic E-state index is 12.9. The van der Waals surface area contributed by atoms with Gasteiger partial charge in [-0.3, -0.25) is 4.79 Å². The number of nitrogens with zero attached hydrogens (tertiary/aromatic N) is 1. The first-order valence-electron chi connectivity index (χ1n) is 8.56. The van der Waals surface area contributed by atoms with Gasteiger partial charge in [0.15, 0.2) is 0 Å². The molecule has 0 bridgehead atoms. The normalized spacial score (nSPS) is 10.6. The summed E-state index contributed by atoms with van der Waals surface area (Å²) in [7, 11) is 1.81. The van der Waals surface area contributed by atoms with E-state index >= 15 is 0 Å². The second-order valence-electron chi connectivity index (χ2n) is 6.32. The van der Waals surface area contributed by atoms with Gasteiger partial charge in [0.05, 0.1) is 6.54 Å². The maximum Gasteiger partial charge on any atom is 0.254 e. The Kier molecular flexibility index (Phi) is 5.34. The average molecular weight is 333 g/mol. The van der Waals surface area contributed by atoms with Crippen molar-refractivity contribution in [1.82, 2.24) is 4.90 Å². The van der Waals surface area contributed by atoms with Gasteiger partial charge >= 0.3 is 0 Å². The van der Waals surface area contributed by atoms with Gasteiger partial charge in [-0.25, -0.2) is 0 Å². The number of hydrogen-bond acceptors (Lipinski definition) is 2. The van der Waals surface area contributed by atoms with Crippen LogP contribution in [0.5, 0.6) is 0 Å². The van der Waals surface area contributed by atoms with Crippen LogP contribution < -0.4 is 0 Å². The van der Waals surface area contributed by atoms with E-state index in [9.17, 15) is 4.79 Å². The van der Waals surface area contributed by atoms with Gasteiger partial charge in [0.1, 0.15) is 11.5 Å². The summed E-state index contributed by atoms with van der Waals surface area (Å²) in [5, 5.41) is 0. The lowest BCUT2D eigenvalue weighted by Crippen LogP contribution is -2.27. The molecule has 1 heterocycles. The third kappa shape index (κ3) is 4.38. The van der Waals surface area contributed by atoms with Crippen molar-refractivity contribution in [3.63, 3.8) is 0 Å². The quantitative estimate of drug-likeness (QED) is 0.658. The van der Waals surface area contributed by atoms with Crippen LogP contribution in [0.3, 0.4) is 0 Å². The highest BCUT2D eigenvalue weighted by Gasteiger charge is 2.16. The van der Waals surface area contributed by atoms with Crippen LogP contribution in [-0.2, 0) is 19.4 Å². The first-order valence-corrected chi connectivity index (χ1v) is 8.56. The smallest absolute Gasteiger partial charge is 0.254 e. The molecule has 128 valence electrons. The van der Waals surface area contributed by atoms with Crippen LogP contribution in [-0.4, -0.2) is 17.9 Å². The summed E-state index contributed by atoms with van der Waals surface area (Å²) >= 11 is 0. The third-order valence-electron chi connectivity index (χ3n) is 4.31. The molecular formula is C22H23NO2. The molecule has 1 aromatic heterocycles. The van der Waals surface area contributed by atoms with Gasteiger partial charge in [-0.15, -0.1) is 0 Å². The minimum absolute atomic E-state index is 0.0257. The van der Waals surface area contributed by atoms with E-state index < -0.39 is 0 Å². The molecule has 3 heteroatoms. The molecule has 0 N–H and O–H groups in total. The molecule has 3 aromatic rings. The first kappa shape index (κ1) is 17.0. The predicted octanol–water partition coefficient (Wildman–Crippen LogP) is 4.65. The minimum atomic E-state index is 0.0257. The summed E-state index contributed by atoms with van der Waals surface area (Å²) < 4.78 is 5.58. The first-order chi connectivity index (χ1) is 12.1. The summed E-state index contributed by atoms with van der Waals surface area (Å²) in [5.41, 5.74) is 3.13. The lowest BCUT2D eigenvalue weighted by Gasteiger charge is -2.18. The maximum atomic E-state index is 12.9. The monoisotopic (exact) mass is 333 g/mol. The number of rotatable bonds is 6. The van der Waals surface area contributed by atoms with Crippen LogP contribution in [0.4, 0.5) is 0 Å². The molecule has 0 fully saturated rings. The van der Waals surface area contributed by atoms with Gasteiger partial charge < -0.3 is 9.32 Å². The fourth-order valence-corrected chi connectivity index (χ4v) is 2.95. The van der Waals surface area contributed by atoms with Gasteiger partial charge in [-0.2, -0.15) is 0 Å². The van der Waals surface area contributed by atoms with Crippen molar-refractivity contribution in [2.45, 2.75) is 26.3 Å². The topological polar surface area (TPSA) is 33.5 Å². The molecule has 0 atom stereocenters. The fraction of sp³-hybridized carbons (Fsp3) is 0.227. The molecule has 0 aliphatic heterocycles. The van der Waals surface area contributed by atoms with Crippen molar-refractivity contribution in [3.8, 4) is 0 Å². The molecule has 0 saturated carbocycles. The molecule has 1 amide bonds. The van der Waals surface area contributed by atoms with E-state index in [0.717, 1.165) is 35.5 Å². The standard InChI is InChI=1S/C22H23NO2/c1-17-12-15-20(25-17)16-23(2)22(24)21-11-7-6-10-19(21)14-13-18-8-4-3-5-9-18/h3-12,15H,13-14,16H2,1-2H3. The molecule has 0 spiro atoms. The summed E-state index contributed by atoms with van der Waals surface area (Å²) in [6.45, 7) is 2.38. The number of aryl methyl sites for hydroxylation is 3. The van der Waals surface area contributed by atoms with Crippen LogP contribution in [0.25, 0.3) is 0 Å². The van der Waals surface area contributed by atoms with Crippen molar-refractivity contribution < 1.29 is 9.21 Å². The van der Waals surface area contributed by atoms with Crippen molar-refractivity contribution in [2.24, 2.45) is 0 Å². The zero-order chi connectivity index (χ0) is 17.6. The molecule has 0 aliphatic carbocycles. The molecule has 2 aromatic carbocycles. The second kappa shape index (κ2) is 7.84. The van der Waals surface area contributed by atoms with Crippen molar-refractivity contribution in [2.75, 3.05) is 7.05 Å². The van der Waals surface area contributed by atoms with E-state index in [-0.39, 0.29) is 5.91 Å². The van der Waals surface area contributed by atoms with E-state index in [0.29, 0.717) is 6.54 Å². The van der Waals surface area contributed by atoms with E-state index in [1.54, 1.807) is 4.90 Å². The second-order valence-corrected chi connectivity index (χ2v) is 6.32. The summed E-state index contributed by atoms with van der Waals surface area (Å²) in [6, 6.07) is 22.1. The number of amides is 1. The lowest BCUT2D eigenvalue weighted by atomic mass is 9.99. The van der Waals surface area contributed by atoms with Crippen LogP contribution in [0.2, 0.25) is 0 Å². The Labute approximate surface area is 148 Å². The molecule has 3 nitrogen and oxygen atoms in total. The van der Waals surface area contributed by atoms with Crippen LogP contribution >= 0.6 is 0 Å². The van der Waals surface area contributed by atoms with Crippen LogP contribution in [0.15, 0.2) is 71.1 Å². The van der Waals surface area contributed by atoms with Gasteiger partial charge in [-0.1, -0.05) is 48.5 Å². The van der Waals surface area contributed by atoms with Crippen molar-refractivity contribution in [3.05, 3.63) is 94.9 Å². The number of carbonyl (C=O) groups excluding carboxylic acids is 1. The highest BCUT2D eigenvalue weighted by atomic mass is 16.3. The van der Waals surface area contributed by atoms with E-state index in [2.05, 4.69) is 12.1 Å². The largest absolute Gasteiger partial charge is 0.464 e. The van der Waals surface area contributed by atoms with Gasteiger partial charge in [0.25, 0.3) is 5.91 Å². The van der Waals surface area contributed by atoms with Crippen molar-refractivity contribution >= 4 is 5.91 Å². The van der Waals surface area contributed by atoms with Gasteiger partial charge in [-0.05, 0) is 49.1 Å². The average Bonchev–Trinajstić information content (AvgIpc) is 3.05. The molecule has 0 saturated heterocycles. The molecule has 0 unspecified atom stereocenters. The highest BCUT2D eigenvalue weighted by molar-refractivity contribution is 5.95. The number of furan rings is 1. The Balaban J connectivity index is 1.71. The van der Waals surface area contributed by atoms with E-state index in [4.69, 9.17) is 4.42 Å². The van der Waals surface area contributed by atoms with E-state index in [1.807, 2.05) is 68.6 Å². The minimum Gasteiger partial charge on any atom is -0.464 e. The molecule has 3 rings (SSSR count). The van der Waals surface area contributed by atoms with Crippen LogP contribution in [0.1, 0.15) is 33.0 Å². The van der Waals surface area contributed by atoms with Crippen molar-refractivity contribution in [1.29, 1.82) is 0 Å².